The van der Waals surface area contributed by atoms with E-state index >= 15 is 0 Å². The Labute approximate surface area is 329 Å². The first-order chi connectivity index (χ1) is 27.7. The third kappa shape index (κ3) is 4.91. The van der Waals surface area contributed by atoms with Gasteiger partial charge in [-0.1, -0.05) is 121 Å². The number of rotatable bonds is 6. The summed E-state index contributed by atoms with van der Waals surface area (Å²) in [5, 5.41) is 7.90. The molecule has 4 heterocycles. The monoisotopic (exact) mass is 754 g/mol. The predicted molar refractivity (Wildman–Crippen MR) is 235 cm³/mol. The molecule has 0 radical (unpaired) electrons. The molecule has 56 heavy (non-hydrogen) atoms. The molecule has 7 heteroatoms. The van der Waals surface area contributed by atoms with Gasteiger partial charge in [-0.05, 0) is 75.3 Å². The zero-order chi connectivity index (χ0) is 37.2. The minimum atomic E-state index is -2.94. The van der Waals surface area contributed by atoms with Gasteiger partial charge in [-0.2, -0.15) is 0 Å². The first kappa shape index (κ1) is 32.6. The molecule has 1 aliphatic heterocycles. The molecule has 7 aromatic carbocycles. The average molecular weight is 755 g/mol. The molecule has 0 saturated heterocycles. The summed E-state index contributed by atoms with van der Waals surface area (Å²) in [6.45, 7) is 0. The molecule has 1 aliphatic rings. The van der Waals surface area contributed by atoms with Crippen molar-refractivity contribution in [2.75, 3.05) is 4.90 Å². The van der Waals surface area contributed by atoms with E-state index in [2.05, 4.69) is 168 Å². The lowest BCUT2D eigenvalue weighted by molar-refractivity contribution is 0.483. The summed E-state index contributed by atoms with van der Waals surface area (Å²) < 4.78 is 11.4. The second-order valence-electron chi connectivity index (χ2n) is 14.2. The minimum Gasteiger partial charge on any atom is -0.457 e. The van der Waals surface area contributed by atoms with Crippen molar-refractivity contribution in [2.45, 2.75) is 0 Å². The van der Waals surface area contributed by atoms with Crippen molar-refractivity contribution in [2.24, 2.45) is 7.05 Å². The Kier molecular flexibility index (Phi) is 7.52. The second kappa shape index (κ2) is 12.9. The van der Waals surface area contributed by atoms with Crippen LogP contribution in [0.15, 0.2) is 188 Å². The average Bonchev–Trinajstić information content (AvgIpc) is 3.81. The van der Waals surface area contributed by atoms with Crippen molar-refractivity contribution in [3.63, 3.8) is 0 Å². The Bertz CT molecular complexity index is 3060. The lowest BCUT2D eigenvalue weighted by atomic mass is 10.1. The summed E-state index contributed by atoms with van der Waals surface area (Å²) in [7, 11) is -0.882. The maximum absolute atomic E-state index is 6.68. The number of aromatic nitrogens is 3. The zero-order valence-corrected chi connectivity index (χ0v) is 32.3. The van der Waals surface area contributed by atoms with E-state index in [1.54, 1.807) is 0 Å². The SMILES string of the molecule is Cn1c(-c2cccc(Oc3cccc(N4c5ccc6c(sc7ccccc76)c5[Si](c5ccccc5)(c5ccccc5)c5cccnc54)c3)c2)nc2ccccc21. The Morgan fingerprint density at radius 1 is 0.607 bits per heavy atom. The number of imidazole rings is 1. The van der Waals surface area contributed by atoms with Crippen LogP contribution < -0.4 is 30.4 Å². The molecule has 0 bridgehead atoms. The standard InChI is InChI=1S/C49H34N4OSSi/c1-52-42-25-10-9-24-41(42)51-48(52)33-15-12-17-35(31-33)54-36-18-13-16-34(32-36)53-43-29-28-40-39-23-8-11-26-44(39)55-46(40)47(43)56(37-19-4-2-5-20-37,38-21-6-3-7-22-38)45-27-14-30-50-49(45)53/h2-32H,1H3. The first-order valence-electron chi connectivity index (χ1n) is 18.8. The van der Waals surface area contributed by atoms with Gasteiger partial charge in [-0.3, -0.25) is 4.90 Å². The molecule has 266 valence electrons. The fourth-order valence-corrected chi connectivity index (χ4v) is 15.6. The molecule has 0 fully saturated rings. The molecular formula is C49H34N4OSSi. The van der Waals surface area contributed by atoms with Crippen LogP contribution in [-0.2, 0) is 7.05 Å². The van der Waals surface area contributed by atoms with Crippen molar-refractivity contribution < 1.29 is 4.74 Å². The lowest BCUT2D eigenvalue weighted by Crippen LogP contribution is -2.77. The van der Waals surface area contributed by atoms with Crippen LogP contribution in [-0.4, -0.2) is 22.6 Å². The first-order valence-corrected chi connectivity index (χ1v) is 21.6. The lowest BCUT2D eigenvalue weighted by Gasteiger charge is -2.44. The smallest absolute Gasteiger partial charge is 0.188 e. The van der Waals surface area contributed by atoms with E-state index in [-0.39, 0.29) is 0 Å². The van der Waals surface area contributed by atoms with Crippen LogP contribution in [0.2, 0.25) is 0 Å². The van der Waals surface area contributed by atoms with E-state index in [1.807, 2.05) is 47.9 Å². The maximum atomic E-state index is 6.68. The number of hydrogen-bond acceptors (Lipinski definition) is 5. The van der Waals surface area contributed by atoms with Gasteiger partial charge in [0.15, 0.2) is 8.07 Å². The summed E-state index contributed by atoms with van der Waals surface area (Å²) in [6.07, 6.45) is 1.93. The number of pyridine rings is 1. The van der Waals surface area contributed by atoms with E-state index in [1.165, 1.54) is 40.9 Å². The number of nitrogens with zero attached hydrogens (tertiary/aromatic N) is 4. The minimum absolute atomic E-state index is 0.742. The molecule has 0 spiro atoms. The van der Waals surface area contributed by atoms with E-state index in [4.69, 9.17) is 14.7 Å². The summed E-state index contributed by atoms with van der Waals surface area (Å²) in [4.78, 5) is 12.5. The maximum Gasteiger partial charge on any atom is 0.188 e. The molecule has 0 N–H and O–H groups in total. The van der Waals surface area contributed by atoms with Crippen LogP contribution >= 0.6 is 11.3 Å². The predicted octanol–water partition coefficient (Wildman–Crippen LogP) is 9.96. The molecule has 0 amide bonds. The molecule has 0 atom stereocenters. The number of para-hydroxylation sites is 2. The van der Waals surface area contributed by atoms with Crippen LogP contribution in [0.3, 0.4) is 0 Å². The van der Waals surface area contributed by atoms with Gasteiger partial charge in [0.1, 0.15) is 23.1 Å². The van der Waals surface area contributed by atoms with Crippen molar-refractivity contribution in [1.29, 1.82) is 0 Å². The fourth-order valence-electron chi connectivity index (χ4n) is 8.77. The zero-order valence-electron chi connectivity index (χ0n) is 30.5. The number of anilines is 3. The van der Waals surface area contributed by atoms with E-state index in [0.717, 1.165) is 51.1 Å². The third-order valence-electron chi connectivity index (χ3n) is 11.1. The van der Waals surface area contributed by atoms with Gasteiger partial charge in [-0.15, -0.1) is 11.3 Å². The Morgan fingerprint density at radius 2 is 1.32 bits per heavy atom. The fraction of sp³-hybridized carbons (Fsp3) is 0.0204. The molecule has 11 rings (SSSR count). The van der Waals surface area contributed by atoms with E-state index in [0.29, 0.717) is 0 Å². The number of ether oxygens (including phenoxy) is 1. The summed E-state index contributed by atoms with van der Waals surface area (Å²) in [5.41, 5.74) is 5.20. The molecule has 5 nitrogen and oxygen atoms in total. The highest BCUT2D eigenvalue weighted by Gasteiger charge is 2.51. The second-order valence-corrected chi connectivity index (χ2v) is 19.0. The molecule has 0 unspecified atom stereocenters. The van der Waals surface area contributed by atoms with Gasteiger partial charge >= 0.3 is 0 Å². The number of aryl methyl sites for hydroxylation is 1. The van der Waals surface area contributed by atoms with Gasteiger partial charge < -0.3 is 9.30 Å². The number of benzene rings is 7. The van der Waals surface area contributed by atoms with Crippen molar-refractivity contribution in [1.82, 2.24) is 14.5 Å². The van der Waals surface area contributed by atoms with Crippen LogP contribution in [0.4, 0.5) is 17.2 Å². The van der Waals surface area contributed by atoms with Crippen LogP contribution in [0, 0.1) is 0 Å². The highest BCUT2D eigenvalue weighted by Crippen LogP contribution is 2.43. The quantitative estimate of drug-likeness (QED) is 0.159. The van der Waals surface area contributed by atoms with Crippen LogP contribution in [0.25, 0.3) is 42.6 Å². The Hall–Kier alpha value is -6.80. The van der Waals surface area contributed by atoms with Crippen LogP contribution in [0.1, 0.15) is 0 Å². The molecular weight excluding hydrogens is 721 g/mol. The number of fused-ring (bicyclic) bond motifs is 7. The Balaban J connectivity index is 1.11. The van der Waals surface area contributed by atoms with E-state index in [9.17, 15) is 0 Å². The number of thiophene rings is 1. The van der Waals surface area contributed by atoms with Gasteiger partial charge in [0.25, 0.3) is 0 Å². The largest absolute Gasteiger partial charge is 0.457 e. The normalized spacial score (nSPS) is 13.2. The highest BCUT2D eigenvalue weighted by molar-refractivity contribution is 7.31. The van der Waals surface area contributed by atoms with E-state index < -0.39 is 8.07 Å². The highest BCUT2D eigenvalue weighted by atomic mass is 32.1. The van der Waals surface area contributed by atoms with Crippen molar-refractivity contribution in [3.05, 3.63) is 188 Å². The van der Waals surface area contributed by atoms with Gasteiger partial charge in [0.2, 0.25) is 0 Å². The topological polar surface area (TPSA) is 43.2 Å². The number of hydrogen-bond donors (Lipinski definition) is 0. The molecule has 3 aromatic heterocycles. The summed E-state index contributed by atoms with van der Waals surface area (Å²) in [6, 6.07) is 65.0. The molecule has 0 saturated carbocycles. The molecule has 10 aromatic rings. The summed E-state index contributed by atoms with van der Waals surface area (Å²) >= 11 is 1.90. The summed E-state index contributed by atoms with van der Waals surface area (Å²) in [5.74, 6) is 3.33. The molecule has 0 aliphatic carbocycles. The van der Waals surface area contributed by atoms with Crippen molar-refractivity contribution >= 4 is 88.6 Å². The van der Waals surface area contributed by atoms with Crippen LogP contribution in [0.5, 0.6) is 11.5 Å². The Morgan fingerprint density at radius 3 is 2.12 bits per heavy atom. The third-order valence-corrected chi connectivity index (χ3v) is 17.4. The van der Waals surface area contributed by atoms with Gasteiger partial charge in [0, 0.05) is 50.7 Å². The van der Waals surface area contributed by atoms with Gasteiger partial charge in [0.05, 0.1) is 16.7 Å². The van der Waals surface area contributed by atoms with Gasteiger partial charge in [-0.25, -0.2) is 9.97 Å². The van der Waals surface area contributed by atoms with Crippen molar-refractivity contribution in [3.8, 4) is 22.9 Å².